The summed E-state index contributed by atoms with van der Waals surface area (Å²) in [6, 6.07) is 16.4. The smallest absolute Gasteiger partial charge is 0.253 e. The number of benzene rings is 2. The highest BCUT2D eigenvalue weighted by atomic mass is 16.5. The van der Waals surface area contributed by atoms with Crippen molar-refractivity contribution in [3.05, 3.63) is 70.8 Å². The molecule has 2 heterocycles. The molecule has 0 bridgehead atoms. The van der Waals surface area contributed by atoms with Gasteiger partial charge in [-0.3, -0.25) is 9.59 Å². The number of carbonyl (C=O) groups excluding carboxylic acids is 2. The number of likely N-dealkylation sites (tertiary alicyclic amines) is 1. The molecule has 0 aliphatic carbocycles. The van der Waals surface area contributed by atoms with Crippen LogP contribution in [0.25, 0.3) is 0 Å². The Balaban J connectivity index is 1.44. The van der Waals surface area contributed by atoms with Crippen LogP contribution >= 0.6 is 0 Å². The molecule has 2 saturated heterocycles. The van der Waals surface area contributed by atoms with Gasteiger partial charge in [0.1, 0.15) is 0 Å². The zero-order valence-corrected chi connectivity index (χ0v) is 19.3. The van der Waals surface area contributed by atoms with Crippen molar-refractivity contribution in [1.29, 1.82) is 0 Å². The van der Waals surface area contributed by atoms with E-state index in [0.717, 1.165) is 47.9 Å². The van der Waals surface area contributed by atoms with Crippen molar-refractivity contribution in [3.8, 4) is 0 Å². The Kier molecular flexibility index (Phi) is 7.26. The molecule has 0 N–H and O–H groups in total. The van der Waals surface area contributed by atoms with E-state index in [0.29, 0.717) is 32.7 Å². The first-order chi connectivity index (χ1) is 15.5. The van der Waals surface area contributed by atoms with Gasteiger partial charge in [0.15, 0.2) is 0 Å². The number of aryl methyl sites for hydroxylation is 2. The van der Waals surface area contributed by atoms with Gasteiger partial charge >= 0.3 is 0 Å². The van der Waals surface area contributed by atoms with Crippen LogP contribution < -0.4 is 0 Å². The summed E-state index contributed by atoms with van der Waals surface area (Å²) in [4.78, 5) is 30.6. The van der Waals surface area contributed by atoms with Crippen molar-refractivity contribution < 1.29 is 14.3 Å². The number of hydrogen-bond acceptors (Lipinski definition) is 3. The monoisotopic (exact) mass is 434 g/mol. The van der Waals surface area contributed by atoms with Gasteiger partial charge in [-0.15, -0.1) is 0 Å². The highest BCUT2D eigenvalue weighted by Gasteiger charge is 2.35. The number of hydrogen-bond donors (Lipinski definition) is 0. The Bertz CT molecular complexity index is 909. The van der Waals surface area contributed by atoms with Crippen molar-refractivity contribution in [3.63, 3.8) is 0 Å². The van der Waals surface area contributed by atoms with Crippen molar-refractivity contribution in [1.82, 2.24) is 9.80 Å². The zero-order chi connectivity index (χ0) is 22.5. The lowest BCUT2D eigenvalue weighted by Crippen LogP contribution is -2.54. The van der Waals surface area contributed by atoms with Crippen LogP contribution in [0.5, 0.6) is 0 Å². The van der Waals surface area contributed by atoms with Crippen molar-refractivity contribution in [2.45, 2.75) is 58.0 Å². The number of carbonyl (C=O) groups is 2. The first-order valence-corrected chi connectivity index (χ1v) is 11.8. The Labute approximate surface area is 191 Å². The summed E-state index contributed by atoms with van der Waals surface area (Å²) in [5.74, 6) is 0.297. The van der Waals surface area contributed by atoms with E-state index < -0.39 is 0 Å². The van der Waals surface area contributed by atoms with Crippen LogP contribution in [0.3, 0.4) is 0 Å². The summed E-state index contributed by atoms with van der Waals surface area (Å²) < 4.78 is 5.56. The van der Waals surface area contributed by atoms with Crippen LogP contribution in [-0.4, -0.2) is 60.0 Å². The average molecular weight is 435 g/mol. The molecule has 2 aromatic rings. The standard InChI is InChI=1S/C27H34N2O3/c1-20-16-21(2)18-23(17-20)27(31)28-12-8-24(9-13-28)29(25-10-14-32-15-11-25)26(30)19-22-6-4-3-5-7-22/h3-7,16-18,24-25H,8-15,19H2,1-2H3. The first-order valence-electron chi connectivity index (χ1n) is 11.8. The van der Waals surface area contributed by atoms with E-state index in [4.69, 9.17) is 4.74 Å². The van der Waals surface area contributed by atoms with E-state index in [-0.39, 0.29) is 23.9 Å². The van der Waals surface area contributed by atoms with Gasteiger partial charge in [-0.25, -0.2) is 0 Å². The van der Waals surface area contributed by atoms with Crippen LogP contribution in [0.1, 0.15) is 52.7 Å². The number of nitrogens with zero attached hydrogens (tertiary/aromatic N) is 2. The third-order valence-electron chi connectivity index (χ3n) is 6.68. The lowest BCUT2D eigenvalue weighted by Gasteiger charge is -2.43. The van der Waals surface area contributed by atoms with Gasteiger partial charge in [0, 0.05) is 44.0 Å². The number of ether oxygens (including phenoxy) is 1. The highest BCUT2D eigenvalue weighted by Crippen LogP contribution is 2.26. The van der Waals surface area contributed by atoms with Crippen molar-refractivity contribution in [2.75, 3.05) is 26.3 Å². The Hall–Kier alpha value is -2.66. The maximum absolute atomic E-state index is 13.4. The van der Waals surface area contributed by atoms with Gasteiger partial charge in [-0.2, -0.15) is 0 Å². The van der Waals surface area contributed by atoms with Gasteiger partial charge in [0.25, 0.3) is 5.91 Å². The van der Waals surface area contributed by atoms with Crippen LogP contribution in [0, 0.1) is 13.8 Å². The van der Waals surface area contributed by atoms with E-state index in [2.05, 4.69) is 11.0 Å². The molecular weight excluding hydrogens is 400 g/mol. The molecule has 5 nitrogen and oxygen atoms in total. The van der Waals surface area contributed by atoms with E-state index in [1.165, 1.54) is 0 Å². The molecule has 0 atom stereocenters. The van der Waals surface area contributed by atoms with Gasteiger partial charge in [0.05, 0.1) is 6.42 Å². The van der Waals surface area contributed by atoms with Crippen LogP contribution in [-0.2, 0) is 16.0 Å². The van der Waals surface area contributed by atoms with Crippen molar-refractivity contribution >= 4 is 11.8 Å². The molecule has 32 heavy (non-hydrogen) atoms. The lowest BCUT2D eigenvalue weighted by atomic mass is 9.96. The summed E-state index contributed by atoms with van der Waals surface area (Å²) in [7, 11) is 0. The third kappa shape index (κ3) is 5.39. The maximum Gasteiger partial charge on any atom is 0.253 e. The molecule has 0 radical (unpaired) electrons. The fourth-order valence-electron chi connectivity index (χ4n) is 5.16. The predicted molar refractivity (Wildman–Crippen MR) is 126 cm³/mol. The minimum atomic E-state index is 0.100. The second-order valence-electron chi connectivity index (χ2n) is 9.21. The fraction of sp³-hybridized carbons (Fsp3) is 0.481. The molecule has 2 fully saturated rings. The van der Waals surface area contributed by atoms with E-state index in [1.807, 2.05) is 61.2 Å². The molecule has 170 valence electrons. The fourth-order valence-corrected chi connectivity index (χ4v) is 5.16. The topological polar surface area (TPSA) is 49.9 Å². The van der Waals surface area contributed by atoms with Gasteiger partial charge in [-0.1, -0.05) is 47.5 Å². The Morgan fingerprint density at radius 1 is 0.906 bits per heavy atom. The molecule has 5 heteroatoms. The normalized spacial score (nSPS) is 17.9. The summed E-state index contributed by atoms with van der Waals surface area (Å²) in [5.41, 5.74) is 4.04. The summed E-state index contributed by atoms with van der Waals surface area (Å²) in [6.45, 7) is 6.86. The van der Waals surface area contributed by atoms with Crippen molar-refractivity contribution in [2.24, 2.45) is 0 Å². The molecule has 2 aromatic carbocycles. The minimum absolute atomic E-state index is 0.100. The second kappa shape index (κ2) is 10.3. The molecule has 0 aromatic heterocycles. The number of rotatable bonds is 5. The molecule has 0 unspecified atom stereocenters. The van der Waals surface area contributed by atoms with E-state index >= 15 is 0 Å². The number of piperidine rings is 1. The SMILES string of the molecule is Cc1cc(C)cc(C(=O)N2CCC(N(C(=O)Cc3ccccc3)C3CCOCC3)CC2)c1. The predicted octanol–water partition coefficient (Wildman–Crippen LogP) is 4.16. The Morgan fingerprint density at radius 3 is 2.12 bits per heavy atom. The summed E-state index contributed by atoms with van der Waals surface area (Å²) >= 11 is 0. The van der Waals surface area contributed by atoms with Crippen LogP contribution in [0.2, 0.25) is 0 Å². The van der Waals surface area contributed by atoms with Gasteiger partial charge < -0.3 is 14.5 Å². The van der Waals surface area contributed by atoms with Crippen LogP contribution in [0.15, 0.2) is 48.5 Å². The molecule has 4 rings (SSSR count). The lowest BCUT2D eigenvalue weighted by molar-refractivity contribution is -0.139. The quantitative estimate of drug-likeness (QED) is 0.710. The van der Waals surface area contributed by atoms with Crippen LogP contribution in [0.4, 0.5) is 0 Å². The largest absolute Gasteiger partial charge is 0.381 e. The Morgan fingerprint density at radius 2 is 1.50 bits per heavy atom. The zero-order valence-electron chi connectivity index (χ0n) is 19.3. The average Bonchev–Trinajstić information content (AvgIpc) is 2.80. The summed E-state index contributed by atoms with van der Waals surface area (Å²) in [6.07, 6.45) is 3.87. The maximum atomic E-state index is 13.4. The first kappa shape index (κ1) is 22.5. The highest BCUT2D eigenvalue weighted by molar-refractivity contribution is 5.94. The molecule has 0 saturated carbocycles. The molecule has 0 spiro atoms. The molecule has 2 amide bonds. The number of amides is 2. The van der Waals surface area contributed by atoms with E-state index in [1.54, 1.807) is 0 Å². The minimum Gasteiger partial charge on any atom is -0.381 e. The molecule has 2 aliphatic rings. The van der Waals surface area contributed by atoms with Gasteiger partial charge in [-0.05, 0) is 57.2 Å². The van der Waals surface area contributed by atoms with Gasteiger partial charge in [0.2, 0.25) is 5.91 Å². The third-order valence-corrected chi connectivity index (χ3v) is 6.68. The van der Waals surface area contributed by atoms with E-state index in [9.17, 15) is 9.59 Å². The molecular formula is C27H34N2O3. The molecule has 2 aliphatic heterocycles. The summed E-state index contributed by atoms with van der Waals surface area (Å²) in [5, 5.41) is 0. The second-order valence-corrected chi connectivity index (χ2v) is 9.21.